The number of rotatable bonds is 4. The van der Waals surface area contributed by atoms with Gasteiger partial charge < -0.3 is 15.7 Å². The smallest absolute Gasteiger partial charge is 0.329 e. The molecule has 1 unspecified atom stereocenters. The third-order valence-electron chi connectivity index (χ3n) is 3.39. The minimum absolute atomic E-state index is 0.0598. The predicted molar refractivity (Wildman–Crippen MR) is 72.3 cm³/mol. The number of carboxylic acid groups (broad SMARTS) is 1. The molecule has 1 atom stereocenters. The van der Waals surface area contributed by atoms with Crippen molar-refractivity contribution in [2.45, 2.75) is 25.3 Å². The Kier molecular flexibility index (Phi) is 3.85. The third kappa shape index (κ3) is 3.01. The average Bonchev–Trinajstić information content (AvgIpc) is 3.16. The van der Waals surface area contributed by atoms with Crippen LogP contribution in [0.5, 0.6) is 0 Å². The molecule has 2 rings (SSSR count). The molecule has 1 saturated carbocycles. The number of anilines is 1. The first kappa shape index (κ1) is 14.6. The van der Waals surface area contributed by atoms with Gasteiger partial charge in [-0.1, -0.05) is 11.6 Å². The van der Waals surface area contributed by atoms with Crippen LogP contribution in [0.25, 0.3) is 0 Å². The maximum Gasteiger partial charge on any atom is 0.329 e. The van der Waals surface area contributed by atoms with Crippen molar-refractivity contribution in [2.75, 3.05) is 5.32 Å². The number of carbonyl (C=O) groups excluding carboxylic acids is 1. The van der Waals surface area contributed by atoms with Crippen molar-refractivity contribution >= 4 is 29.3 Å². The summed E-state index contributed by atoms with van der Waals surface area (Å²) < 4.78 is 13.5. The van der Waals surface area contributed by atoms with Crippen molar-refractivity contribution in [3.8, 4) is 0 Å². The number of nitrogens with one attached hydrogen (secondary N) is 2. The molecule has 0 aromatic heterocycles. The number of hydrogen-bond acceptors (Lipinski definition) is 2. The van der Waals surface area contributed by atoms with Gasteiger partial charge in [0, 0.05) is 5.02 Å². The van der Waals surface area contributed by atoms with E-state index >= 15 is 0 Å². The first-order chi connectivity index (χ1) is 9.33. The molecule has 0 bridgehead atoms. The Morgan fingerprint density at radius 3 is 2.60 bits per heavy atom. The molecule has 20 heavy (non-hydrogen) atoms. The summed E-state index contributed by atoms with van der Waals surface area (Å²) in [7, 11) is 0. The average molecular weight is 301 g/mol. The quantitative estimate of drug-likeness (QED) is 0.800. The Morgan fingerprint density at radius 1 is 1.45 bits per heavy atom. The van der Waals surface area contributed by atoms with Gasteiger partial charge in [-0.25, -0.2) is 14.0 Å². The fourth-order valence-electron chi connectivity index (χ4n) is 1.97. The molecule has 0 heterocycles. The van der Waals surface area contributed by atoms with Gasteiger partial charge >= 0.3 is 12.0 Å². The SMILES string of the molecule is CC(NC(=O)Nc1ccc(Cl)cc1F)(C(=O)O)C1CC1. The normalized spacial score (nSPS) is 17.1. The Hall–Kier alpha value is -1.82. The lowest BCUT2D eigenvalue weighted by Gasteiger charge is -2.26. The summed E-state index contributed by atoms with van der Waals surface area (Å²) >= 11 is 5.61. The predicted octanol–water partition coefficient (Wildman–Crippen LogP) is 2.85. The van der Waals surface area contributed by atoms with Crippen LogP contribution in [0.2, 0.25) is 5.02 Å². The molecule has 1 aromatic carbocycles. The van der Waals surface area contributed by atoms with Crippen LogP contribution in [0.4, 0.5) is 14.9 Å². The minimum atomic E-state index is -1.34. The van der Waals surface area contributed by atoms with Crippen molar-refractivity contribution in [1.29, 1.82) is 0 Å². The van der Waals surface area contributed by atoms with Gasteiger partial charge in [0.25, 0.3) is 0 Å². The monoisotopic (exact) mass is 300 g/mol. The topological polar surface area (TPSA) is 78.4 Å². The van der Waals surface area contributed by atoms with Gasteiger partial charge in [-0.2, -0.15) is 0 Å². The second kappa shape index (κ2) is 5.28. The Morgan fingerprint density at radius 2 is 2.10 bits per heavy atom. The van der Waals surface area contributed by atoms with E-state index < -0.39 is 23.4 Å². The van der Waals surface area contributed by atoms with Gasteiger partial charge in [-0.3, -0.25) is 0 Å². The summed E-state index contributed by atoms with van der Waals surface area (Å²) in [5.41, 5.74) is -1.40. The molecule has 3 N–H and O–H groups in total. The van der Waals surface area contributed by atoms with Gasteiger partial charge in [0.1, 0.15) is 11.4 Å². The number of hydrogen-bond donors (Lipinski definition) is 3. The number of carbonyl (C=O) groups is 2. The molecule has 1 aliphatic rings. The van der Waals surface area contributed by atoms with Crippen LogP contribution in [-0.4, -0.2) is 22.6 Å². The molecular formula is C13H14ClFN2O3. The molecule has 108 valence electrons. The maximum absolute atomic E-state index is 13.5. The highest BCUT2D eigenvalue weighted by atomic mass is 35.5. The lowest BCUT2D eigenvalue weighted by Crippen LogP contribution is -2.55. The first-order valence-corrected chi connectivity index (χ1v) is 6.48. The van der Waals surface area contributed by atoms with Gasteiger partial charge in [0.15, 0.2) is 0 Å². The van der Waals surface area contributed by atoms with E-state index in [0.717, 1.165) is 18.9 Å². The summed E-state index contributed by atoms with van der Waals surface area (Å²) in [6.45, 7) is 1.45. The zero-order chi connectivity index (χ0) is 14.9. The van der Waals surface area contributed by atoms with Crippen molar-refractivity contribution < 1.29 is 19.1 Å². The lowest BCUT2D eigenvalue weighted by molar-refractivity contribution is -0.144. The van der Waals surface area contributed by atoms with E-state index in [1.165, 1.54) is 19.1 Å². The maximum atomic E-state index is 13.5. The third-order valence-corrected chi connectivity index (χ3v) is 3.63. The van der Waals surface area contributed by atoms with Crippen molar-refractivity contribution in [3.63, 3.8) is 0 Å². The van der Waals surface area contributed by atoms with Gasteiger partial charge in [-0.05, 0) is 43.9 Å². The summed E-state index contributed by atoms with van der Waals surface area (Å²) in [6.07, 6.45) is 1.50. The highest BCUT2D eigenvalue weighted by Crippen LogP contribution is 2.39. The molecule has 1 aromatic rings. The number of aliphatic carboxylic acids is 1. The fraction of sp³-hybridized carbons (Fsp3) is 0.385. The number of benzene rings is 1. The highest BCUT2D eigenvalue weighted by molar-refractivity contribution is 6.30. The van der Waals surface area contributed by atoms with Crippen LogP contribution in [0.3, 0.4) is 0 Å². The molecule has 0 saturated heterocycles. The fourth-order valence-corrected chi connectivity index (χ4v) is 2.13. The molecule has 0 aliphatic heterocycles. The molecule has 1 fully saturated rings. The summed E-state index contributed by atoms with van der Waals surface area (Å²) in [6, 6.07) is 3.04. The van der Waals surface area contributed by atoms with Crippen LogP contribution in [-0.2, 0) is 4.79 Å². The van der Waals surface area contributed by atoms with Crippen LogP contribution in [0.1, 0.15) is 19.8 Å². The number of amides is 2. The molecule has 7 heteroatoms. The number of halogens is 2. The van der Waals surface area contributed by atoms with Gasteiger partial charge in [0.05, 0.1) is 5.69 Å². The summed E-state index contributed by atoms with van der Waals surface area (Å²) in [5.74, 6) is -1.89. The minimum Gasteiger partial charge on any atom is -0.480 e. The lowest BCUT2D eigenvalue weighted by atomic mass is 9.96. The van der Waals surface area contributed by atoms with Gasteiger partial charge in [0.2, 0.25) is 0 Å². The zero-order valence-corrected chi connectivity index (χ0v) is 11.5. The van der Waals surface area contributed by atoms with E-state index in [1.807, 2.05) is 0 Å². The Bertz CT molecular complexity index is 563. The van der Waals surface area contributed by atoms with E-state index in [1.54, 1.807) is 0 Å². The molecule has 2 amide bonds. The van der Waals surface area contributed by atoms with E-state index in [0.29, 0.717) is 0 Å². The Labute approximate surface area is 120 Å². The largest absolute Gasteiger partial charge is 0.480 e. The first-order valence-electron chi connectivity index (χ1n) is 6.10. The molecule has 0 radical (unpaired) electrons. The van der Waals surface area contributed by atoms with Crippen LogP contribution in [0.15, 0.2) is 18.2 Å². The van der Waals surface area contributed by atoms with Gasteiger partial charge in [-0.15, -0.1) is 0 Å². The van der Waals surface area contributed by atoms with Crippen molar-refractivity contribution in [2.24, 2.45) is 5.92 Å². The van der Waals surface area contributed by atoms with Crippen LogP contribution >= 0.6 is 11.6 Å². The molecule has 1 aliphatic carbocycles. The van der Waals surface area contributed by atoms with E-state index in [2.05, 4.69) is 10.6 Å². The number of carboxylic acids is 1. The van der Waals surface area contributed by atoms with E-state index in [-0.39, 0.29) is 16.6 Å². The number of urea groups is 1. The standard InChI is InChI=1S/C13H14ClFN2O3/c1-13(11(18)19,7-2-3-7)17-12(20)16-10-5-4-8(14)6-9(10)15/h4-7H,2-3H2,1H3,(H,18,19)(H2,16,17,20). The second-order valence-corrected chi connectivity index (χ2v) is 5.42. The van der Waals surface area contributed by atoms with E-state index in [4.69, 9.17) is 11.6 Å². The second-order valence-electron chi connectivity index (χ2n) is 4.99. The van der Waals surface area contributed by atoms with E-state index in [9.17, 15) is 19.1 Å². The zero-order valence-electron chi connectivity index (χ0n) is 10.7. The van der Waals surface area contributed by atoms with Crippen molar-refractivity contribution in [1.82, 2.24) is 5.32 Å². The molecular weight excluding hydrogens is 287 g/mol. The van der Waals surface area contributed by atoms with Crippen molar-refractivity contribution in [3.05, 3.63) is 29.0 Å². The Balaban J connectivity index is 2.06. The van der Waals surface area contributed by atoms with Crippen LogP contribution < -0.4 is 10.6 Å². The highest BCUT2D eigenvalue weighted by Gasteiger charge is 2.48. The van der Waals surface area contributed by atoms with Crippen LogP contribution in [0, 0.1) is 11.7 Å². The molecule has 5 nitrogen and oxygen atoms in total. The molecule has 0 spiro atoms. The summed E-state index contributed by atoms with van der Waals surface area (Å²) in [5, 5.41) is 14.1. The summed E-state index contributed by atoms with van der Waals surface area (Å²) in [4.78, 5) is 23.1.